The van der Waals surface area contributed by atoms with Gasteiger partial charge in [-0.05, 0) is 106 Å². The first-order chi connectivity index (χ1) is 27.2. The first-order valence-electron chi connectivity index (χ1n) is 18.8. The average molecular weight is 717 g/mol. The van der Waals surface area contributed by atoms with Crippen LogP contribution in [0.2, 0.25) is 0 Å². The molecule has 12 rings (SSSR count). The van der Waals surface area contributed by atoms with Gasteiger partial charge in [0.15, 0.2) is 0 Å². The number of para-hydroxylation sites is 1. The van der Waals surface area contributed by atoms with Gasteiger partial charge in [-0.2, -0.15) is 0 Å². The molecule has 0 atom stereocenters. The number of thiophene rings is 1. The van der Waals surface area contributed by atoms with Crippen molar-refractivity contribution in [3.8, 4) is 33.6 Å². The number of hydrogen-bond acceptors (Lipinski definition) is 1. The molecule has 256 valence electrons. The molecule has 0 unspecified atom stereocenters. The molecule has 3 heteroatoms. The lowest BCUT2D eigenvalue weighted by molar-refractivity contribution is 1.18. The number of benzene rings is 9. The molecule has 9 aromatic carbocycles. The first kappa shape index (κ1) is 30.5. The zero-order valence-corrected chi connectivity index (χ0v) is 30.6. The maximum Gasteiger partial charge on any atom is 0.0548 e. The fourth-order valence-electron chi connectivity index (χ4n) is 8.87. The summed E-state index contributed by atoms with van der Waals surface area (Å²) in [5.41, 5.74) is 12.1. The summed E-state index contributed by atoms with van der Waals surface area (Å²) in [4.78, 5) is 0. The van der Waals surface area contributed by atoms with Crippen LogP contribution in [-0.2, 0) is 0 Å². The van der Waals surface area contributed by atoms with Gasteiger partial charge in [-0.25, -0.2) is 0 Å². The van der Waals surface area contributed by atoms with Gasteiger partial charge in [0, 0.05) is 53.1 Å². The van der Waals surface area contributed by atoms with Crippen LogP contribution in [0.1, 0.15) is 0 Å². The van der Waals surface area contributed by atoms with Crippen molar-refractivity contribution < 1.29 is 0 Å². The van der Waals surface area contributed by atoms with E-state index < -0.39 is 0 Å². The van der Waals surface area contributed by atoms with E-state index in [4.69, 9.17) is 0 Å². The Morgan fingerprint density at radius 2 is 0.836 bits per heavy atom. The highest BCUT2D eigenvalue weighted by Crippen LogP contribution is 2.43. The van der Waals surface area contributed by atoms with Crippen LogP contribution in [0.5, 0.6) is 0 Å². The van der Waals surface area contributed by atoms with Crippen LogP contribution < -0.4 is 0 Å². The molecule has 0 saturated heterocycles. The number of rotatable bonds is 4. The van der Waals surface area contributed by atoms with Crippen LogP contribution >= 0.6 is 11.3 Å². The predicted octanol–water partition coefficient (Wildman–Crippen LogP) is 14.7. The van der Waals surface area contributed by atoms with Crippen LogP contribution in [0.4, 0.5) is 0 Å². The van der Waals surface area contributed by atoms with Crippen molar-refractivity contribution in [3.63, 3.8) is 0 Å². The summed E-state index contributed by atoms with van der Waals surface area (Å²) >= 11 is 1.88. The predicted molar refractivity (Wildman–Crippen MR) is 236 cm³/mol. The fraction of sp³-hybridized carbons (Fsp3) is 0. The highest BCUT2D eigenvalue weighted by Gasteiger charge is 2.18. The molecule has 0 N–H and O–H groups in total. The Hall–Kier alpha value is -6.94. The van der Waals surface area contributed by atoms with E-state index in [1.165, 1.54) is 102 Å². The SMILES string of the molecule is c1ccc(-c2ccc(-n3c4ccccc4c4cc(-c5ccc6c(c5)c5cc7sc8ccccc8c7cc5n6-c5ccc6ccccc6c5)ccc43)cc2)cc1. The molecule has 3 aromatic heterocycles. The van der Waals surface area contributed by atoms with E-state index in [9.17, 15) is 0 Å². The highest BCUT2D eigenvalue weighted by atomic mass is 32.1. The number of hydrogen-bond donors (Lipinski definition) is 0. The second-order valence-corrected chi connectivity index (χ2v) is 15.6. The van der Waals surface area contributed by atoms with Crippen LogP contribution in [0.3, 0.4) is 0 Å². The first-order valence-corrected chi connectivity index (χ1v) is 19.6. The Labute approximate surface area is 321 Å². The van der Waals surface area contributed by atoms with Crippen molar-refractivity contribution in [3.05, 3.63) is 194 Å². The molecule has 0 fully saturated rings. The lowest BCUT2D eigenvalue weighted by Crippen LogP contribution is -1.94. The third kappa shape index (κ3) is 4.67. The second-order valence-electron chi connectivity index (χ2n) is 14.6. The van der Waals surface area contributed by atoms with Gasteiger partial charge in [-0.3, -0.25) is 0 Å². The molecule has 0 aliphatic heterocycles. The van der Waals surface area contributed by atoms with E-state index >= 15 is 0 Å². The van der Waals surface area contributed by atoms with Gasteiger partial charge in [-0.15, -0.1) is 11.3 Å². The Balaban J connectivity index is 1.05. The normalized spacial score (nSPS) is 12.0. The van der Waals surface area contributed by atoms with Gasteiger partial charge >= 0.3 is 0 Å². The van der Waals surface area contributed by atoms with Gasteiger partial charge in [0.05, 0.1) is 22.1 Å². The summed E-state index contributed by atoms with van der Waals surface area (Å²) in [6, 6.07) is 71.5. The Bertz CT molecular complexity index is 3470. The largest absolute Gasteiger partial charge is 0.309 e. The van der Waals surface area contributed by atoms with Gasteiger partial charge in [0.1, 0.15) is 0 Å². The standard InChI is InChI=1S/C52H32N2S/c1-2-10-33(11-3-1)35-18-23-39(24-19-35)53-47-16-8-6-14-41(47)43-29-37(21-26-48(43)53)38-22-27-49-44(30-38)45-32-52-46(42-15-7-9-17-51(42)55-52)31-50(45)54(49)40-25-20-34-12-4-5-13-36(34)28-40/h1-32H. The van der Waals surface area contributed by atoms with Crippen molar-refractivity contribution in [2.45, 2.75) is 0 Å². The summed E-state index contributed by atoms with van der Waals surface area (Å²) in [6.07, 6.45) is 0. The van der Waals surface area contributed by atoms with E-state index in [1.807, 2.05) is 11.3 Å². The number of nitrogens with zero attached hydrogens (tertiary/aromatic N) is 2. The van der Waals surface area contributed by atoms with E-state index in [-0.39, 0.29) is 0 Å². The second kappa shape index (κ2) is 11.8. The van der Waals surface area contributed by atoms with Crippen molar-refractivity contribution >= 4 is 85.9 Å². The monoisotopic (exact) mass is 716 g/mol. The summed E-state index contributed by atoms with van der Waals surface area (Å²) < 4.78 is 7.52. The number of fused-ring (bicyclic) bond motifs is 10. The minimum absolute atomic E-state index is 1.16. The molecule has 12 aromatic rings. The summed E-state index contributed by atoms with van der Waals surface area (Å²) in [5, 5.41) is 10.2. The van der Waals surface area contributed by atoms with E-state index in [0.717, 1.165) is 5.69 Å². The van der Waals surface area contributed by atoms with E-state index in [0.29, 0.717) is 0 Å². The number of aromatic nitrogens is 2. The maximum absolute atomic E-state index is 2.46. The molecule has 0 bridgehead atoms. The van der Waals surface area contributed by atoms with Crippen molar-refractivity contribution in [1.29, 1.82) is 0 Å². The van der Waals surface area contributed by atoms with E-state index in [1.54, 1.807) is 0 Å². The Morgan fingerprint density at radius 1 is 0.273 bits per heavy atom. The fourth-order valence-corrected chi connectivity index (χ4v) is 10.0. The highest BCUT2D eigenvalue weighted by molar-refractivity contribution is 7.25. The van der Waals surface area contributed by atoms with Crippen LogP contribution in [-0.4, -0.2) is 9.13 Å². The topological polar surface area (TPSA) is 9.86 Å². The summed E-state index contributed by atoms with van der Waals surface area (Å²) in [5.74, 6) is 0. The van der Waals surface area contributed by atoms with Crippen molar-refractivity contribution in [2.24, 2.45) is 0 Å². The molecule has 0 amide bonds. The van der Waals surface area contributed by atoms with Gasteiger partial charge < -0.3 is 9.13 Å². The van der Waals surface area contributed by atoms with Crippen LogP contribution in [0.15, 0.2) is 194 Å². The smallest absolute Gasteiger partial charge is 0.0548 e. The maximum atomic E-state index is 2.46. The van der Waals surface area contributed by atoms with Crippen LogP contribution in [0.25, 0.3) is 108 Å². The molecule has 0 aliphatic carbocycles. The summed E-state index contributed by atoms with van der Waals surface area (Å²) in [7, 11) is 0. The lowest BCUT2D eigenvalue weighted by Gasteiger charge is -2.11. The molecular weight excluding hydrogens is 685 g/mol. The average Bonchev–Trinajstić information content (AvgIpc) is 3.89. The van der Waals surface area contributed by atoms with Gasteiger partial charge in [0.25, 0.3) is 0 Å². The third-order valence-corrected chi connectivity index (χ3v) is 12.6. The van der Waals surface area contributed by atoms with Gasteiger partial charge in [0.2, 0.25) is 0 Å². The van der Waals surface area contributed by atoms with Crippen molar-refractivity contribution in [2.75, 3.05) is 0 Å². The molecule has 55 heavy (non-hydrogen) atoms. The molecule has 0 radical (unpaired) electrons. The minimum Gasteiger partial charge on any atom is -0.309 e. The Kier molecular flexibility index (Phi) is 6.54. The van der Waals surface area contributed by atoms with Crippen molar-refractivity contribution in [1.82, 2.24) is 9.13 Å². The molecule has 0 aliphatic rings. The molecule has 0 spiro atoms. The zero-order chi connectivity index (χ0) is 36.0. The molecular formula is C52H32N2S. The Morgan fingerprint density at radius 3 is 1.64 bits per heavy atom. The molecule has 0 saturated carbocycles. The zero-order valence-electron chi connectivity index (χ0n) is 29.8. The van der Waals surface area contributed by atoms with Crippen LogP contribution in [0, 0.1) is 0 Å². The molecule has 2 nitrogen and oxygen atoms in total. The molecule has 3 heterocycles. The third-order valence-electron chi connectivity index (χ3n) is 11.5. The summed E-state index contributed by atoms with van der Waals surface area (Å²) in [6.45, 7) is 0. The lowest BCUT2D eigenvalue weighted by atomic mass is 10.0. The minimum atomic E-state index is 1.16. The quantitative estimate of drug-likeness (QED) is 0.172. The van der Waals surface area contributed by atoms with Gasteiger partial charge in [-0.1, -0.05) is 121 Å². The van der Waals surface area contributed by atoms with E-state index in [2.05, 4.69) is 203 Å².